The Morgan fingerprint density at radius 1 is 1.14 bits per heavy atom. The number of carbonyl (C=O) groups is 1. The van der Waals surface area contributed by atoms with E-state index in [1.165, 1.54) is 0 Å². The van der Waals surface area contributed by atoms with E-state index in [2.05, 4.69) is 20.2 Å². The maximum atomic E-state index is 11.7. The van der Waals surface area contributed by atoms with Crippen molar-refractivity contribution >= 4 is 18.0 Å². The first-order valence-corrected chi connectivity index (χ1v) is 6.36. The Balaban J connectivity index is 2.16. The molecule has 0 saturated carbocycles. The number of carbonyl (C=O) groups excluding carboxylic acids is 1. The molecule has 2 rings (SSSR count). The molecule has 1 aliphatic heterocycles. The highest BCUT2D eigenvalue weighted by atomic mass is 16.4. The van der Waals surface area contributed by atoms with Crippen LogP contribution in [0.2, 0.25) is 0 Å². The quantitative estimate of drug-likeness (QED) is 0.336. The number of para-hydroxylation sites is 2. The van der Waals surface area contributed by atoms with Gasteiger partial charge in [-0.25, -0.2) is 9.98 Å². The van der Waals surface area contributed by atoms with Gasteiger partial charge in [-0.3, -0.25) is 4.79 Å². The summed E-state index contributed by atoms with van der Waals surface area (Å²) in [5.74, 6) is -0.944. The van der Waals surface area contributed by atoms with Crippen molar-refractivity contribution in [2.75, 3.05) is 6.61 Å². The number of nitrogens with zero attached hydrogens (tertiary/aromatic N) is 4. The molecule has 1 aliphatic rings. The number of aliphatic hydroxyl groups excluding tert-OH is 4. The zero-order valence-corrected chi connectivity index (χ0v) is 11.3. The lowest BCUT2D eigenvalue weighted by Crippen LogP contribution is -2.40. The van der Waals surface area contributed by atoms with Crippen LogP contribution in [-0.4, -0.2) is 63.3 Å². The van der Waals surface area contributed by atoms with E-state index in [1.807, 2.05) is 0 Å². The number of amidine groups is 1. The largest absolute Gasteiger partial charge is 0.394 e. The third-order valence-corrected chi connectivity index (χ3v) is 2.82. The van der Waals surface area contributed by atoms with Crippen LogP contribution in [0, 0.1) is 0 Å². The van der Waals surface area contributed by atoms with Crippen molar-refractivity contribution in [2.45, 2.75) is 18.3 Å². The summed E-state index contributed by atoms with van der Waals surface area (Å²) < 4.78 is 0. The molecule has 1 aromatic carbocycles. The summed E-state index contributed by atoms with van der Waals surface area (Å²) in [5.41, 5.74) is 0. The van der Waals surface area contributed by atoms with Gasteiger partial charge in [-0.05, 0) is 12.1 Å². The number of hydrogen-bond donors (Lipinski definition) is 4. The summed E-state index contributed by atoms with van der Waals surface area (Å²) in [4.78, 5) is 19.4. The van der Waals surface area contributed by atoms with Crippen molar-refractivity contribution < 1.29 is 25.2 Å². The normalized spacial score (nSPS) is 20.2. The van der Waals surface area contributed by atoms with Gasteiger partial charge in [-0.2, -0.15) is 5.10 Å². The Labute approximate surface area is 124 Å². The van der Waals surface area contributed by atoms with Crippen molar-refractivity contribution in [1.29, 1.82) is 0 Å². The first-order valence-electron chi connectivity index (χ1n) is 6.36. The molecule has 1 amide bonds. The van der Waals surface area contributed by atoms with Crippen LogP contribution >= 0.6 is 0 Å². The fraction of sp³-hybridized carbons (Fsp3) is 0.308. The lowest BCUT2D eigenvalue weighted by molar-refractivity contribution is -0.112. The van der Waals surface area contributed by atoms with E-state index >= 15 is 0 Å². The van der Waals surface area contributed by atoms with Crippen molar-refractivity contribution in [3.05, 3.63) is 35.0 Å². The minimum absolute atomic E-state index is 0.264. The zero-order valence-electron chi connectivity index (χ0n) is 11.3. The Bertz CT molecular complexity index is 730. The lowest BCUT2D eigenvalue weighted by Gasteiger charge is -2.17. The molecule has 1 aromatic rings. The molecular weight excluding hydrogens is 292 g/mol. The number of aliphatic hydroxyl groups is 4. The molecule has 0 bridgehead atoms. The zero-order chi connectivity index (χ0) is 16.1. The van der Waals surface area contributed by atoms with Gasteiger partial charge in [-0.15, -0.1) is 5.10 Å². The average molecular weight is 306 g/mol. The van der Waals surface area contributed by atoms with Gasteiger partial charge in [0.1, 0.15) is 18.3 Å². The van der Waals surface area contributed by atoms with Crippen LogP contribution in [-0.2, 0) is 4.79 Å². The number of rotatable bonds is 5. The van der Waals surface area contributed by atoms with Crippen LogP contribution in [0.3, 0.4) is 0 Å². The van der Waals surface area contributed by atoms with E-state index in [-0.39, 0.29) is 5.84 Å². The fourth-order valence-corrected chi connectivity index (χ4v) is 1.62. The van der Waals surface area contributed by atoms with E-state index in [4.69, 9.17) is 10.2 Å². The minimum Gasteiger partial charge on any atom is -0.394 e. The predicted molar refractivity (Wildman–Crippen MR) is 74.8 cm³/mol. The molecule has 0 saturated heterocycles. The smallest absolute Gasteiger partial charge is 0.317 e. The topological polar surface area (TPSA) is 147 Å². The SMILES string of the molecule is O=C1N=c2ccccc2=N/C1=N/N=C/C(O)C(O)C(O)CO. The lowest BCUT2D eigenvalue weighted by atomic mass is 10.1. The van der Waals surface area contributed by atoms with Gasteiger partial charge in [0.25, 0.3) is 0 Å². The van der Waals surface area contributed by atoms with Crippen molar-refractivity contribution in [1.82, 2.24) is 0 Å². The second-order valence-corrected chi connectivity index (χ2v) is 4.44. The van der Waals surface area contributed by atoms with E-state index in [0.29, 0.717) is 10.7 Å². The highest BCUT2D eigenvalue weighted by molar-refractivity contribution is 6.39. The maximum Gasteiger partial charge on any atom is 0.317 e. The monoisotopic (exact) mass is 306 g/mol. The molecule has 1 heterocycles. The fourth-order valence-electron chi connectivity index (χ4n) is 1.62. The third-order valence-electron chi connectivity index (χ3n) is 2.82. The second kappa shape index (κ2) is 7.09. The van der Waals surface area contributed by atoms with Crippen LogP contribution < -0.4 is 10.7 Å². The van der Waals surface area contributed by atoms with Crippen molar-refractivity contribution in [3.8, 4) is 0 Å². The predicted octanol–water partition coefficient (Wildman–Crippen LogP) is -3.07. The summed E-state index contributed by atoms with van der Waals surface area (Å²) in [7, 11) is 0. The summed E-state index contributed by atoms with van der Waals surface area (Å²) >= 11 is 0. The number of benzene rings is 1. The first-order chi connectivity index (χ1) is 10.5. The van der Waals surface area contributed by atoms with Gasteiger partial charge in [0.05, 0.1) is 23.5 Å². The molecule has 0 fully saturated rings. The third kappa shape index (κ3) is 3.65. The molecule has 0 spiro atoms. The first kappa shape index (κ1) is 16.0. The molecule has 9 nitrogen and oxygen atoms in total. The summed E-state index contributed by atoms with van der Waals surface area (Å²) in [6.07, 6.45) is -3.88. The van der Waals surface area contributed by atoms with Gasteiger partial charge in [0, 0.05) is 0 Å². The molecule has 116 valence electrons. The van der Waals surface area contributed by atoms with Crippen LogP contribution in [0.4, 0.5) is 0 Å². The van der Waals surface area contributed by atoms with E-state index in [9.17, 15) is 15.0 Å². The highest BCUT2D eigenvalue weighted by Crippen LogP contribution is 1.98. The Hall–Kier alpha value is -2.33. The summed E-state index contributed by atoms with van der Waals surface area (Å²) in [6.45, 7) is -0.718. The van der Waals surface area contributed by atoms with Gasteiger partial charge >= 0.3 is 5.91 Å². The number of hydrogen-bond acceptors (Lipinski definition) is 7. The second-order valence-electron chi connectivity index (χ2n) is 4.44. The van der Waals surface area contributed by atoms with Crippen molar-refractivity contribution in [2.24, 2.45) is 20.2 Å². The van der Waals surface area contributed by atoms with Crippen LogP contribution in [0.1, 0.15) is 0 Å². The van der Waals surface area contributed by atoms with Gasteiger partial charge in [0.2, 0.25) is 5.84 Å². The molecule has 9 heteroatoms. The number of amides is 1. The van der Waals surface area contributed by atoms with E-state index in [1.54, 1.807) is 24.3 Å². The Kier molecular flexibility index (Phi) is 5.17. The van der Waals surface area contributed by atoms with Crippen molar-refractivity contribution in [3.63, 3.8) is 0 Å². The molecule has 3 atom stereocenters. The molecule has 0 aromatic heterocycles. The Morgan fingerprint density at radius 3 is 2.41 bits per heavy atom. The molecule has 0 aliphatic carbocycles. The standard InChI is InChI=1S/C13H14N4O5/c18-6-10(20)11(21)9(19)5-14-17-12-13(22)16-8-4-2-1-3-7(8)15-12/h1-5,9-11,18-21H,6H2/b14-5+,17-12+. The van der Waals surface area contributed by atoms with Gasteiger partial charge in [-0.1, -0.05) is 12.1 Å². The highest BCUT2D eigenvalue weighted by Gasteiger charge is 2.22. The van der Waals surface area contributed by atoms with Gasteiger partial charge in [0.15, 0.2) is 0 Å². The van der Waals surface area contributed by atoms with Gasteiger partial charge < -0.3 is 20.4 Å². The molecule has 4 N–H and O–H groups in total. The maximum absolute atomic E-state index is 11.7. The van der Waals surface area contributed by atoms with Crippen LogP contribution in [0.15, 0.2) is 44.5 Å². The molecule has 3 unspecified atom stereocenters. The average Bonchev–Trinajstić information content (AvgIpc) is 2.53. The number of fused-ring (bicyclic) bond motifs is 1. The summed E-state index contributed by atoms with van der Waals surface area (Å²) in [6, 6.07) is 6.73. The summed E-state index contributed by atoms with van der Waals surface area (Å²) in [5, 5.41) is 44.6. The molecule has 22 heavy (non-hydrogen) atoms. The van der Waals surface area contributed by atoms with Crippen LogP contribution in [0.25, 0.3) is 0 Å². The van der Waals surface area contributed by atoms with Crippen LogP contribution in [0.5, 0.6) is 0 Å². The molecule has 0 radical (unpaired) electrons. The van der Waals surface area contributed by atoms with E-state index in [0.717, 1.165) is 6.21 Å². The van der Waals surface area contributed by atoms with E-state index < -0.39 is 30.8 Å². The minimum atomic E-state index is -1.63. The Morgan fingerprint density at radius 2 is 1.77 bits per heavy atom. The molecular formula is C13H14N4O5.